The second kappa shape index (κ2) is 11.0. The quantitative estimate of drug-likeness (QED) is 0.393. The minimum Gasteiger partial charge on any atom is -0.508 e. The Kier molecular flexibility index (Phi) is 8.02. The molecule has 174 valence electrons. The summed E-state index contributed by atoms with van der Waals surface area (Å²) in [6.07, 6.45) is 2.60. The zero-order valence-corrected chi connectivity index (χ0v) is 20.7. The third-order valence-electron chi connectivity index (χ3n) is 6.02. The van der Waals surface area contributed by atoms with Gasteiger partial charge in [0.15, 0.2) is 0 Å². The van der Waals surface area contributed by atoms with Crippen LogP contribution in [-0.4, -0.2) is 41.4 Å². The van der Waals surface area contributed by atoms with Crippen LogP contribution in [-0.2, 0) is 0 Å². The summed E-state index contributed by atoms with van der Waals surface area (Å²) in [5.74, 6) is 1.47. The Bertz CT molecular complexity index is 1060. The molecule has 0 aromatic heterocycles. The van der Waals surface area contributed by atoms with Gasteiger partial charge in [0.25, 0.3) is 0 Å². The Labute approximate surface area is 209 Å². The average Bonchev–Trinajstić information content (AvgIpc) is 3.33. The Morgan fingerprint density at radius 3 is 2.00 bits per heavy atom. The molecule has 0 radical (unpaired) electrons. The Hall–Kier alpha value is -1.99. The number of hydrogen-bond acceptors (Lipinski definition) is 6. The van der Waals surface area contributed by atoms with E-state index in [9.17, 15) is 10.2 Å². The van der Waals surface area contributed by atoms with E-state index in [-0.39, 0.29) is 34.4 Å². The minimum atomic E-state index is 0. The normalized spacial score (nSPS) is 20.1. The number of nitrogens with zero attached hydrogens (tertiary/aromatic N) is 1. The molecule has 4 nitrogen and oxygen atoms in total. The van der Waals surface area contributed by atoms with Crippen molar-refractivity contribution < 1.29 is 14.9 Å². The number of ether oxygens (including phenoxy) is 1. The molecule has 2 atom stereocenters. The van der Waals surface area contributed by atoms with Crippen LogP contribution in [0.5, 0.6) is 17.2 Å². The van der Waals surface area contributed by atoms with Gasteiger partial charge in [0, 0.05) is 16.3 Å². The summed E-state index contributed by atoms with van der Waals surface area (Å²) < 4.78 is 6.00. The zero-order valence-electron chi connectivity index (χ0n) is 18.2. The van der Waals surface area contributed by atoms with E-state index in [2.05, 4.69) is 29.2 Å². The Morgan fingerprint density at radius 2 is 1.33 bits per heavy atom. The molecule has 2 aliphatic rings. The third-order valence-corrected chi connectivity index (χ3v) is 9.11. The Balaban J connectivity index is 0.00000259. The highest BCUT2D eigenvalue weighted by atomic mass is 35.5. The number of aromatic hydroxyl groups is 2. The highest BCUT2D eigenvalue weighted by Crippen LogP contribution is 2.59. The molecule has 2 aliphatic heterocycles. The number of thioether (sulfide) groups is 2. The second-order valence-electron chi connectivity index (χ2n) is 8.27. The van der Waals surface area contributed by atoms with E-state index in [4.69, 9.17) is 4.74 Å². The van der Waals surface area contributed by atoms with E-state index in [1.165, 1.54) is 36.4 Å². The maximum atomic E-state index is 9.96. The van der Waals surface area contributed by atoms with Crippen LogP contribution in [0.15, 0.2) is 76.5 Å². The van der Waals surface area contributed by atoms with Gasteiger partial charge >= 0.3 is 0 Å². The Morgan fingerprint density at radius 1 is 0.758 bits per heavy atom. The standard InChI is InChI=1S/C26H27NO3S2.ClH/c28-20-7-3-18(4-8-20)26-25(31-23-12-9-21(29)17-24(23)32-26)19-5-10-22(11-6-19)30-16-15-27-13-1-2-14-27;/h3-12,17,25-26,28-29H,1-2,13-16H2;1H/t25-,26+;/m0./s1. The van der Waals surface area contributed by atoms with Gasteiger partial charge in [-0.25, -0.2) is 0 Å². The third kappa shape index (κ3) is 5.75. The van der Waals surface area contributed by atoms with Crippen LogP contribution < -0.4 is 4.74 Å². The largest absolute Gasteiger partial charge is 0.508 e. The van der Waals surface area contributed by atoms with Crippen LogP contribution in [0.25, 0.3) is 0 Å². The molecular weight excluding hydrogens is 474 g/mol. The number of likely N-dealkylation sites (tertiary alicyclic amines) is 1. The molecule has 2 N–H and O–H groups in total. The molecule has 0 amide bonds. The van der Waals surface area contributed by atoms with Crippen molar-refractivity contribution >= 4 is 35.9 Å². The molecule has 0 saturated carbocycles. The topological polar surface area (TPSA) is 52.9 Å². The minimum absolute atomic E-state index is 0. The van der Waals surface area contributed by atoms with Crippen molar-refractivity contribution in [3.05, 3.63) is 77.9 Å². The van der Waals surface area contributed by atoms with Gasteiger partial charge in [0.1, 0.15) is 23.9 Å². The van der Waals surface area contributed by atoms with Crippen molar-refractivity contribution in [3.8, 4) is 17.2 Å². The SMILES string of the molecule is Cl.Oc1ccc([C@H]2Sc3cc(O)ccc3S[C@H]2c2ccc(OCCN3CCCC3)cc2)cc1. The first kappa shape index (κ1) is 24.1. The number of rotatable bonds is 6. The van der Waals surface area contributed by atoms with Crippen LogP contribution in [0.3, 0.4) is 0 Å². The lowest BCUT2D eigenvalue weighted by Gasteiger charge is -2.33. The second-order valence-corrected chi connectivity index (χ2v) is 10.6. The first-order chi connectivity index (χ1) is 15.7. The molecule has 3 aromatic rings. The van der Waals surface area contributed by atoms with Crippen LogP contribution in [0.4, 0.5) is 0 Å². The van der Waals surface area contributed by atoms with Gasteiger partial charge in [0.2, 0.25) is 0 Å². The summed E-state index contributed by atoms with van der Waals surface area (Å²) in [4.78, 5) is 4.73. The fourth-order valence-electron chi connectivity index (χ4n) is 4.29. The molecule has 5 rings (SSSR count). The number of fused-ring (bicyclic) bond motifs is 1. The van der Waals surface area contributed by atoms with Crippen LogP contribution in [0.1, 0.15) is 34.5 Å². The van der Waals surface area contributed by atoms with E-state index in [1.807, 2.05) is 36.0 Å². The summed E-state index contributed by atoms with van der Waals surface area (Å²) in [6, 6.07) is 21.5. The fraction of sp³-hybridized carbons (Fsp3) is 0.308. The van der Waals surface area contributed by atoms with Crippen molar-refractivity contribution in [2.75, 3.05) is 26.2 Å². The zero-order chi connectivity index (χ0) is 21.9. The van der Waals surface area contributed by atoms with Gasteiger partial charge in [-0.2, -0.15) is 0 Å². The summed E-state index contributed by atoms with van der Waals surface area (Å²) in [7, 11) is 0. The molecular formula is C26H28ClNO3S2. The van der Waals surface area contributed by atoms with Crippen molar-refractivity contribution in [3.63, 3.8) is 0 Å². The molecule has 0 aliphatic carbocycles. The molecule has 0 bridgehead atoms. The van der Waals surface area contributed by atoms with E-state index < -0.39 is 0 Å². The molecule has 1 fully saturated rings. The molecule has 0 unspecified atom stereocenters. The summed E-state index contributed by atoms with van der Waals surface area (Å²) >= 11 is 3.59. The average molecular weight is 502 g/mol. The van der Waals surface area contributed by atoms with Crippen LogP contribution in [0.2, 0.25) is 0 Å². The van der Waals surface area contributed by atoms with E-state index in [1.54, 1.807) is 30.0 Å². The van der Waals surface area contributed by atoms with Gasteiger partial charge in [-0.15, -0.1) is 35.9 Å². The summed E-state index contributed by atoms with van der Waals surface area (Å²) in [5.41, 5.74) is 2.40. The number of hydrogen-bond donors (Lipinski definition) is 2. The molecule has 3 aromatic carbocycles. The maximum Gasteiger partial charge on any atom is 0.119 e. The number of halogens is 1. The molecule has 0 spiro atoms. The molecule has 2 heterocycles. The summed E-state index contributed by atoms with van der Waals surface area (Å²) in [6.45, 7) is 4.09. The highest BCUT2D eigenvalue weighted by molar-refractivity contribution is 8.06. The summed E-state index contributed by atoms with van der Waals surface area (Å²) in [5, 5.41) is 20.1. The van der Waals surface area contributed by atoms with Gasteiger partial charge < -0.3 is 14.9 Å². The number of benzene rings is 3. The lowest BCUT2D eigenvalue weighted by molar-refractivity contribution is 0.238. The highest BCUT2D eigenvalue weighted by Gasteiger charge is 2.32. The van der Waals surface area contributed by atoms with Crippen molar-refractivity contribution in [1.29, 1.82) is 0 Å². The van der Waals surface area contributed by atoms with E-state index in [0.717, 1.165) is 29.4 Å². The smallest absolute Gasteiger partial charge is 0.119 e. The van der Waals surface area contributed by atoms with Crippen LogP contribution in [0, 0.1) is 0 Å². The number of phenols is 2. The molecule has 7 heteroatoms. The van der Waals surface area contributed by atoms with Crippen molar-refractivity contribution in [1.82, 2.24) is 4.90 Å². The van der Waals surface area contributed by atoms with Gasteiger partial charge in [-0.1, -0.05) is 24.3 Å². The molecule has 33 heavy (non-hydrogen) atoms. The fourth-order valence-corrected chi connectivity index (χ4v) is 7.30. The van der Waals surface area contributed by atoms with Gasteiger partial charge in [-0.05, 0) is 79.5 Å². The van der Waals surface area contributed by atoms with Gasteiger partial charge in [0.05, 0.1) is 10.5 Å². The van der Waals surface area contributed by atoms with Crippen molar-refractivity contribution in [2.45, 2.75) is 33.1 Å². The number of phenolic OH excluding ortho intramolecular Hbond substituents is 2. The van der Waals surface area contributed by atoms with E-state index >= 15 is 0 Å². The monoisotopic (exact) mass is 501 g/mol. The van der Waals surface area contributed by atoms with E-state index in [0.29, 0.717) is 0 Å². The predicted molar refractivity (Wildman–Crippen MR) is 138 cm³/mol. The molecule has 1 saturated heterocycles. The first-order valence-corrected chi connectivity index (χ1v) is 12.8. The lowest BCUT2D eigenvalue weighted by Crippen LogP contribution is -2.25. The lowest BCUT2D eigenvalue weighted by atomic mass is 10.0. The van der Waals surface area contributed by atoms with Crippen LogP contribution >= 0.6 is 35.9 Å². The predicted octanol–water partition coefficient (Wildman–Crippen LogP) is 6.67. The maximum absolute atomic E-state index is 9.96. The first-order valence-electron chi connectivity index (χ1n) is 11.1. The van der Waals surface area contributed by atoms with Gasteiger partial charge in [-0.3, -0.25) is 4.90 Å². The van der Waals surface area contributed by atoms with Crippen molar-refractivity contribution in [2.24, 2.45) is 0 Å².